The van der Waals surface area contributed by atoms with Gasteiger partial charge in [-0.1, -0.05) is 6.08 Å². The summed E-state index contributed by atoms with van der Waals surface area (Å²) in [5, 5.41) is 0. The SMILES string of the molecule is C=CCO[C@H]1CN(C(=O)OC(C)(C)C)C[C@H]1Cc1cc(C)cc(C)n1. The molecule has 25 heavy (non-hydrogen) atoms. The zero-order chi connectivity index (χ0) is 18.6. The molecule has 2 heterocycles. The van der Waals surface area contributed by atoms with Gasteiger partial charge >= 0.3 is 6.09 Å². The summed E-state index contributed by atoms with van der Waals surface area (Å²) >= 11 is 0. The lowest BCUT2D eigenvalue weighted by Gasteiger charge is -2.24. The number of pyridine rings is 1. The number of nitrogens with zero attached hydrogens (tertiary/aromatic N) is 2. The lowest BCUT2D eigenvalue weighted by Crippen LogP contribution is -2.36. The van der Waals surface area contributed by atoms with Crippen molar-refractivity contribution < 1.29 is 14.3 Å². The van der Waals surface area contributed by atoms with Crippen LogP contribution in [0.4, 0.5) is 4.79 Å². The molecule has 5 heteroatoms. The van der Waals surface area contributed by atoms with E-state index in [2.05, 4.69) is 30.6 Å². The number of aryl methyl sites for hydroxylation is 2. The van der Waals surface area contributed by atoms with E-state index in [-0.39, 0.29) is 18.1 Å². The molecule has 2 atom stereocenters. The summed E-state index contributed by atoms with van der Waals surface area (Å²) in [6.45, 7) is 15.1. The van der Waals surface area contributed by atoms with E-state index in [1.165, 1.54) is 5.56 Å². The van der Waals surface area contributed by atoms with Gasteiger partial charge in [-0.25, -0.2) is 4.79 Å². The van der Waals surface area contributed by atoms with Gasteiger partial charge in [-0.05, 0) is 58.7 Å². The Morgan fingerprint density at radius 1 is 1.36 bits per heavy atom. The van der Waals surface area contributed by atoms with Gasteiger partial charge in [0.25, 0.3) is 0 Å². The van der Waals surface area contributed by atoms with Gasteiger partial charge in [0.15, 0.2) is 0 Å². The Labute approximate surface area is 151 Å². The Morgan fingerprint density at radius 2 is 2.08 bits per heavy atom. The summed E-state index contributed by atoms with van der Waals surface area (Å²) in [4.78, 5) is 18.8. The molecule has 0 radical (unpaired) electrons. The van der Waals surface area contributed by atoms with E-state index in [0.29, 0.717) is 19.7 Å². The van der Waals surface area contributed by atoms with Crippen molar-refractivity contribution in [3.63, 3.8) is 0 Å². The number of carbonyl (C=O) groups is 1. The van der Waals surface area contributed by atoms with Crippen molar-refractivity contribution in [1.82, 2.24) is 9.88 Å². The fourth-order valence-electron chi connectivity index (χ4n) is 3.19. The van der Waals surface area contributed by atoms with E-state index >= 15 is 0 Å². The van der Waals surface area contributed by atoms with Crippen LogP contribution in [-0.4, -0.2) is 47.4 Å². The molecule has 1 aromatic rings. The normalized spacial score (nSPS) is 20.6. The number of hydrogen-bond donors (Lipinski definition) is 0. The molecule has 5 nitrogen and oxygen atoms in total. The quantitative estimate of drug-likeness (QED) is 0.763. The molecule has 0 unspecified atom stereocenters. The topological polar surface area (TPSA) is 51.7 Å². The van der Waals surface area contributed by atoms with E-state index in [0.717, 1.165) is 17.8 Å². The van der Waals surface area contributed by atoms with Crippen LogP contribution in [0.2, 0.25) is 0 Å². The van der Waals surface area contributed by atoms with Gasteiger partial charge in [-0.3, -0.25) is 4.98 Å². The number of likely N-dealkylation sites (tertiary alicyclic amines) is 1. The fraction of sp³-hybridized carbons (Fsp3) is 0.600. The molecule has 138 valence electrons. The van der Waals surface area contributed by atoms with Crippen LogP contribution in [0.5, 0.6) is 0 Å². The standard InChI is InChI=1S/C20H30N2O3/c1-7-8-24-18-13-22(19(23)25-20(4,5)6)12-16(18)11-17-10-14(2)9-15(3)21-17/h7,9-10,16,18H,1,8,11-13H2,2-6H3/t16-,18+/m1/s1. The first-order valence-electron chi connectivity index (χ1n) is 8.82. The Kier molecular flexibility index (Phi) is 6.22. The molecule has 1 aliphatic heterocycles. The van der Waals surface area contributed by atoms with Gasteiger partial charge in [0.2, 0.25) is 0 Å². The first-order valence-corrected chi connectivity index (χ1v) is 8.82. The molecule has 1 amide bonds. The maximum atomic E-state index is 12.4. The third-order valence-corrected chi connectivity index (χ3v) is 4.08. The number of amides is 1. The monoisotopic (exact) mass is 346 g/mol. The molecule has 0 N–H and O–H groups in total. The summed E-state index contributed by atoms with van der Waals surface area (Å²) in [7, 11) is 0. The number of aromatic nitrogens is 1. The maximum absolute atomic E-state index is 12.4. The van der Waals surface area contributed by atoms with E-state index in [1.807, 2.05) is 27.7 Å². The summed E-state index contributed by atoms with van der Waals surface area (Å²) in [5.41, 5.74) is 2.76. The van der Waals surface area contributed by atoms with E-state index in [9.17, 15) is 4.79 Å². The van der Waals surface area contributed by atoms with Crippen LogP contribution < -0.4 is 0 Å². The van der Waals surface area contributed by atoms with Crippen molar-refractivity contribution in [3.05, 3.63) is 41.7 Å². The summed E-state index contributed by atoms with van der Waals surface area (Å²) in [6, 6.07) is 4.17. The Balaban J connectivity index is 2.10. The average Bonchev–Trinajstić information content (AvgIpc) is 2.85. The van der Waals surface area contributed by atoms with Gasteiger partial charge in [-0.2, -0.15) is 0 Å². The van der Waals surface area contributed by atoms with Gasteiger partial charge in [0, 0.05) is 23.9 Å². The predicted octanol–water partition coefficient (Wildman–Crippen LogP) is 3.68. The third kappa shape index (κ3) is 5.85. The first-order chi connectivity index (χ1) is 11.7. The highest BCUT2D eigenvalue weighted by Gasteiger charge is 2.37. The van der Waals surface area contributed by atoms with Crippen LogP contribution >= 0.6 is 0 Å². The molecule has 2 rings (SSSR count). The lowest BCUT2D eigenvalue weighted by atomic mass is 9.98. The molecular weight excluding hydrogens is 316 g/mol. The Bertz CT molecular complexity index is 602. The lowest BCUT2D eigenvalue weighted by molar-refractivity contribution is 0.0226. The second-order valence-electron chi connectivity index (χ2n) is 7.79. The van der Waals surface area contributed by atoms with Crippen LogP contribution in [0.25, 0.3) is 0 Å². The second kappa shape index (κ2) is 8.00. The van der Waals surface area contributed by atoms with E-state index in [4.69, 9.17) is 9.47 Å². The van der Waals surface area contributed by atoms with Crippen LogP contribution in [0.15, 0.2) is 24.8 Å². The maximum Gasteiger partial charge on any atom is 0.410 e. The van der Waals surface area contributed by atoms with Gasteiger partial charge < -0.3 is 14.4 Å². The number of rotatable bonds is 5. The molecule has 1 fully saturated rings. The first kappa shape index (κ1) is 19.4. The second-order valence-corrected chi connectivity index (χ2v) is 7.79. The van der Waals surface area contributed by atoms with Crippen LogP contribution in [0.3, 0.4) is 0 Å². The Morgan fingerprint density at radius 3 is 2.68 bits per heavy atom. The highest BCUT2D eigenvalue weighted by molar-refractivity contribution is 5.68. The van der Waals surface area contributed by atoms with Crippen LogP contribution in [-0.2, 0) is 15.9 Å². The van der Waals surface area contributed by atoms with Crippen molar-refractivity contribution in [1.29, 1.82) is 0 Å². The third-order valence-electron chi connectivity index (χ3n) is 4.08. The van der Waals surface area contributed by atoms with Crippen LogP contribution in [0.1, 0.15) is 37.7 Å². The fourth-order valence-corrected chi connectivity index (χ4v) is 3.19. The molecule has 0 saturated carbocycles. The summed E-state index contributed by atoms with van der Waals surface area (Å²) in [6.07, 6.45) is 2.20. The molecule has 0 spiro atoms. The van der Waals surface area contributed by atoms with Crippen molar-refractivity contribution in [2.45, 2.75) is 52.7 Å². The molecular formula is C20H30N2O3. The zero-order valence-electron chi connectivity index (χ0n) is 16.0. The number of carbonyl (C=O) groups excluding carboxylic acids is 1. The van der Waals surface area contributed by atoms with Gasteiger partial charge in [0.1, 0.15) is 5.60 Å². The van der Waals surface area contributed by atoms with Crippen molar-refractivity contribution in [2.75, 3.05) is 19.7 Å². The Hall–Kier alpha value is -1.88. The minimum absolute atomic E-state index is 0.0341. The largest absolute Gasteiger partial charge is 0.444 e. The number of hydrogen-bond acceptors (Lipinski definition) is 4. The summed E-state index contributed by atoms with van der Waals surface area (Å²) < 4.78 is 11.4. The highest BCUT2D eigenvalue weighted by atomic mass is 16.6. The zero-order valence-corrected chi connectivity index (χ0v) is 16.0. The number of ether oxygens (including phenoxy) is 2. The predicted molar refractivity (Wildman–Crippen MR) is 98.6 cm³/mol. The van der Waals surface area contributed by atoms with Crippen LogP contribution in [0, 0.1) is 19.8 Å². The minimum atomic E-state index is -0.498. The molecule has 1 saturated heterocycles. The molecule has 0 aliphatic carbocycles. The summed E-state index contributed by atoms with van der Waals surface area (Å²) in [5.74, 6) is 0.196. The molecule has 0 aromatic carbocycles. The molecule has 1 aliphatic rings. The van der Waals surface area contributed by atoms with Gasteiger partial charge in [0.05, 0.1) is 19.3 Å². The van der Waals surface area contributed by atoms with E-state index in [1.54, 1.807) is 11.0 Å². The molecule has 0 bridgehead atoms. The highest BCUT2D eigenvalue weighted by Crippen LogP contribution is 2.25. The van der Waals surface area contributed by atoms with Crippen molar-refractivity contribution in [2.24, 2.45) is 5.92 Å². The van der Waals surface area contributed by atoms with Crippen molar-refractivity contribution >= 4 is 6.09 Å². The van der Waals surface area contributed by atoms with E-state index < -0.39 is 5.60 Å². The minimum Gasteiger partial charge on any atom is -0.444 e. The van der Waals surface area contributed by atoms with Gasteiger partial charge in [-0.15, -0.1) is 6.58 Å². The smallest absolute Gasteiger partial charge is 0.410 e. The average molecular weight is 346 g/mol. The molecule has 1 aromatic heterocycles. The van der Waals surface area contributed by atoms with Crippen molar-refractivity contribution in [3.8, 4) is 0 Å².